The van der Waals surface area contributed by atoms with Crippen molar-refractivity contribution in [2.45, 2.75) is 12.6 Å². The van der Waals surface area contributed by atoms with Gasteiger partial charge in [-0.05, 0) is 18.2 Å². The van der Waals surface area contributed by atoms with E-state index in [0.717, 1.165) is 6.07 Å². The average molecular weight is 293 g/mol. The molecule has 0 aliphatic heterocycles. The lowest BCUT2D eigenvalue weighted by atomic mass is 10.1. The van der Waals surface area contributed by atoms with Crippen molar-refractivity contribution < 1.29 is 27.4 Å². The summed E-state index contributed by atoms with van der Waals surface area (Å²) in [6.45, 7) is 1.48. The minimum atomic E-state index is -4.49. The van der Waals surface area contributed by atoms with Gasteiger partial charge in [0, 0.05) is 25.8 Å². The summed E-state index contributed by atoms with van der Waals surface area (Å²) < 4.78 is 53.4. The Morgan fingerprint density at radius 3 is 2.50 bits per heavy atom. The number of hydrogen-bond acceptors (Lipinski definition) is 4. The number of ether oxygens (including phenoxy) is 3. The van der Waals surface area contributed by atoms with Crippen molar-refractivity contribution in [3.63, 3.8) is 0 Å². The first-order chi connectivity index (χ1) is 9.45. The third kappa shape index (κ3) is 5.66. The molecule has 0 aliphatic rings. The molecule has 20 heavy (non-hydrogen) atoms. The Kier molecular flexibility index (Phi) is 6.60. The zero-order chi connectivity index (χ0) is 15.0. The lowest BCUT2D eigenvalue weighted by molar-refractivity contribution is -0.138. The first kappa shape index (κ1) is 16.6. The number of alkyl halides is 3. The van der Waals surface area contributed by atoms with E-state index < -0.39 is 11.7 Å². The summed E-state index contributed by atoms with van der Waals surface area (Å²) in [6, 6.07) is 3.47. The molecular formula is C13H18F3NO3. The average Bonchev–Trinajstić information content (AvgIpc) is 2.38. The number of nitrogens with two attached hydrogens (primary N) is 1. The molecule has 114 valence electrons. The van der Waals surface area contributed by atoms with E-state index in [1.54, 1.807) is 7.11 Å². The minimum Gasteiger partial charge on any atom is -0.493 e. The molecule has 0 atom stereocenters. The summed E-state index contributed by atoms with van der Waals surface area (Å²) in [5.74, 6) is -0.219. The molecule has 0 radical (unpaired) electrons. The summed E-state index contributed by atoms with van der Waals surface area (Å²) in [4.78, 5) is 0. The number of methoxy groups -OCH3 is 1. The molecule has 0 amide bonds. The van der Waals surface area contributed by atoms with Crippen molar-refractivity contribution in [3.8, 4) is 5.75 Å². The summed E-state index contributed by atoms with van der Waals surface area (Å²) in [5, 5.41) is 0. The topological polar surface area (TPSA) is 53.7 Å². The SMILES string of the molecule is COCCOCCCOc1ccc(N)cc1C(F)(F)F. The van der Waals surface area contributed by atoms with Crippen LogP contribution in [0.2, 0.25) is 0 Å². The van der Waals surface area contributed by atoms with Gasteiger partial charge in [0.25, 0.3) is 0 Å². The van der Waals surface area contributed by atoms with E-state index >= 15 is 0 Å². The van der Waals surface area contributed by atoms with Crippen molar-refractivity contribution >= 4 is 5.69 Å². The molecule has 4 nitrogen and oxygen atoms in total. The Balaban J connectivity index is 2.44. The molecule has 0 heterocycles. The van der Waals surface area contributed by atoms with Crippen LogP contribution < -0.4 is 10.5 Å². The Bertz CT molecular complexity index is 410. The van der Waals surface area contributed by atoms with Crippen molar-refractivity contribution in [1.82, 2.24) is 0 Å². The largest absolute Gasteiger partial charge is 0.493 e. The number of nitrogen functional groups attached to an aromatic ring is 1. The van der Waals surface area contributed by atoms with Crippen LogP contribution in [-0.4, -0.2) is 33.5 Å². The monoisotopic (exact) mass is 293 g/mol. The maximum atomic E-state index is 12.8. The fraction of sp³-hybridized carbons (Fsp3) is 0.538. The predicted octanol–water partition coefficient (Wildman–Crippen LogP) is 2.72. The zero-order valence-corrected chi connectivity index (χ0v) is 11.2. The van der Waals surface area contributed by atoms with Crippen LogP contribution in [0.3, 0.4) is 0 Å². The molecule has 0 spiro atoms. The van der Waals surface area contributed by atoms with Gasteiger partial charge in [-0.2, -0.15) is 13.2 Å². The van der Waals surface area contributed by atoms with E-state index in [-0.39, 0.29) is 18.0 Å². The summed E-state index contributed by atoms with van der Waals surface area (Å²) in [6.07, 6.45) is -3.99. The smallest absolute Gasteiger partial charge is 0.420 e. The fourth-order valence-electron chi connectivity index (χ4n) is 1.48. The minimum absolute atomic E-state index is 0.0487. The van der Waals surface area contributed by atoms with Gasteiger partial charge in [-0.1, -0.05) is 0 Å². The number of anilines is 1. The maximum absolute atomic E-state index is 12.8. The van der Waals surface area contributed by atoms with Crippen LogP contribution in [0, 0.1) is 0 Å². The maximum Gasteiger partial charge on any atom is 0.420 e. The van der Waals surface area contributed by atoms with Gasteiger partial charge in [0.2, 0.25) is 0 Å². The Morgan fingerprint density at radius 2 is 1.85 bits per heavy atom. The molecule has 0 fully saturated rings. The molecule has 2 N–H and O–H groups in total. The van der Waals surface area contributed by atoms with E-state index in [4.69, 9.17) is 19.9 Å². The predicted molar refractivity (Wildman–Crippen MR) is 68.7 cm³/mol. The van der Waals surface area contributed by atoms with Gasteiger partial charge in [-0.3, -0.25) is 0 Å². The van der Waals surface area contributed by atoms with Crippen molar-refractivity contribution in [2.24, 2.45) is 0 Å². The second kappa shape index (κ2) is 7.96. The Labute approximate surface area is 115 Å². The molecule has 0 aromatic heterocycles. The lowest BCUT2D eigenvalue weighted by Crippen LogP contribution is -2.11. The van der Waals surface area contributed by atoms with Gasteiger partial charge in [0.05, 0.1) is 25.4 Å². The molecular weight excluding hydrogens is 275 g/mol. The number of halogens is 3. The van der Waals surface area contributed by atoms with E-state index in [1.165, 1.54) is 12.1 Å². The second-order valence-corrected chi connectivity index (χ2v) is 4.06. The highest BCUT2D eigenvalue weighted by atomic mass is 19.4. The standard InChI is InChI=1S/C13H18F3NO3/c1-18-7-8-19-5-2-6-20-12-4-3-10(17)9-11(12)13(14,15)16/h3-4,9H,2,5-8,17H2,1H3. The van der Waals surface area contributed by atoms with E-state index in [1.807, 2.05) is 0 Å². The normalized spacial score (nSPS) is 11.6. The summed E-state index contributed by atoms with van der Waals surface area (Å²) >= 11 is 0. The van der Waals surface area contributed by atoms with Crippen LogP contribution >= 0.6 is 0 Å². The van der Waals surface area contributed by atoms with Crippen LogP contribution in [0.25, 0.3) is 0 Å². The molecule has 0 saturated heterocycles. The molecule has 0 unspecified atom stereocenters. The van der Waals surface area contributed by atoms with Gasteiger partial charge < -0.3 is 19.9 Å². The van der Waals surface area contributed by atoms with E-state index in [2.05, 4.69) is 0 Å². The van der Waals surface area contributed by atoms with E-state index in [9.17, 15) is 13.2 Å². The van der Waals surface area contributed by atoms with Crippen LogP contribution in [0.5, 0.6) is 5.75 Å². The highest BCUT2D eigenvalue weighted by Gasteiger charge is 2.34. The number of rotatable bonds is 8. The quantitative estimate of drug-likeness (QED) is 0.591. The third-order valence-corrected chi connectivity index (χ3v) is 2.43. The zero-order valence-electron chi connectivity index (χ0n) is 11.2. The first-order valence-electron chi connectivity index (χ1n) is 6.11. The molecule has 7 heteroatoms. The van der Waals surface area contributed by atoms with Crippen molar-refractivity contribution in [3.05, 3.63) is 23.8 Å². The van der Waals surface area contributed by atoms with E-state index in [0.29, 0.717) is 26.2 Å². The third-order valence-electron chi connectivity index (χ3n) is 2.43. The fourth-order valence-corrected chi connectivity index (χ4v) is 1.48. The van der Waals surface area contributed by atoms with Crippen LogP contribution in [0.1, 0.15) is 12.0 Å². The Hall–Kier alpha value is -1.47. The van der Waals surface area contributed by atoms with Gasteiger partial charge in [0.1, 0.15) is 5.75 Å². The number of benzene rings is 1. The number of hydrogen-bond donors (Lipinski definition) is 1. The second-order valence-electron chi connectivity index (χ2n) is 4.06. The van der Waals surface area contributed by atoms with Gasteiger partial charge in [-0.25, -0.2) is 0 Å². The van der Waals surface area contributed by atoms with Gasteiger partial charge >= 0.3 is 6.18 Å². The lowest BCUT2D eigenvalue weighted by Gasteiger charge is -2.14. The van der Waals surface area contributed by atoms with Gasteiger partial charge in [-0.15, -0.1) is 0 Å². The van der Waals surface area contributed by atoms with Crippen molar-refractivity contribution in [1.29, 1.82) is 0 Å². The van der Waals surface area contributed by atoms with Crippen molar-refractivity contribution in [2.75, 3.05) is 39.3 Å². The highest BCUT2D eigenvalue weighted by molar-refractivity contribution is 5.49. The molecule has 1 aromatic rings. The summed E-state index contributed by atoms with van der Waals surface area (Å²) in [5.41, 5.74) is 4.55. The summed E-state index contributed by atoms with van der Waals surface area (Å²) in [7, 11) is 1.56. The van der Waals surface area contributed by atoms with Crippen LogP contribution in [-0.2, 0) is 15.7 Å². The molecule has 1 aromatic carbocycles. The molecule has 0 bridgehead atoms. The molecule has 0 saturated carbocycles. The van der Waals surface area contributed by atoms with Crippen LogP contribution in [0.15, 0.2) is 18.2 Å². The van der Waals surface area contributed by atoms with Crippen LogP contribution in [0.4, 0.5) is 18.9 Å². The Morgan fingerprint density at radius 1 is 1.10 bits per heavy atom. The molecule has 1 rings (SSSR count). The van der Waals surface area contributed by atoms with Gasteiger partial charge in [0.15, 0.2) is 0 Å². The highest BCUT2D eigenvalue weighted by Crippen LogP contribution is 2.37. The first-order valence-corrected chi connectivity index (χ1v) is 6.11. The molecule has 0 aliphatic carbocycles.